The van der Waals surface area contributed by atoms with E-state index >= 15 is 0 Å². The maximum atomic E-state index is 6.05. The summed E-state index contributed by atoms with van der Waals surface area (Å²) in [6.45, 7) is 2.45. The fourth-order valence-corrected chi connectivity index (χ4v) is 1.86. The molecule has 0 unspecified atom stereocenters. The first-order valence-corrected chi connectivity index (χ1v) is 5.76. The first-order chi connectivity index (χ1) is 6.74. The van der Waals surface area contributed by atoms with Gasteiger partial charge in [-0.1, -0.05) is 33.6 Å². The van der Waals surface area contributed by atoms with Gasteiger partial charge in [-0.2, -0.15) is 0 Å². The number of rotatable bonds is 5. The molecular weight excluding hydrogens is 263 g/mol. The Morgan fingerprint density at radius 2 is 2.21 bits per heavy atom. The summed E-state index contributed by atoms with van der Waals surface area (Å²) in [4.78, 5) is 0. The van der Waals surface area contributed by atoms with E-state index in [1.165, 1.54) is 0 Å². The molecule has 0 amide bonds. The fraction of sp³-hybridized carbons (Fsp3) is 0.400. The van der Waals surface area contributed by atoms with E-state index in [1.54, 1.807) is 0 Å². The number of halogens is 2. The molecule has 1 rings (SSSR count). The van der Waals surface area contributed by atoms with Crippen LogP contribution in [0.4, 0.5) is 0 Å². The summed E-state index contributed by atoms with van der Waals surface area (Å²) in [5, 5.41) is 4.07. The minimum Gasteiger partial charge on any atom is -0.330 e. The molecule has 0 aromatic heterocycles. The average molecular weight is 278 g/mol. The third-order valence-electron chi connectivity index (χ3n) is 1.89. The maximum absolute atomic E-state index is 6.05. The molecule has 2 nitrogen and oxygen atoms in total. The van der Waals surface area contributed by atoms with E-state index in [2.05, 4.69) is 21.2 Å². The molecule has 78 valence electrons. The quantitative estimate of drug-likeness (QED) is 0.812. The third-order valence-corrected chi connectivity index (χ3v) is 2.73. The van der Waals surface area contributed by atoms with Crippen molar-refractivity contribution in [1.82, 2.24) is 5.32 Å². The van der Waals surface area contributed by atoms with E-state index in [0.29, 0.717) is 0 Å². The second kappa shape index (κ2) is 6.40. The first kappa shape index (κ1) is 12.0. The largest absolute Gasteiger partial charge is 0.330 e. The van der Waals surface area contributed by atoms with Crippen molar-refractivity contribution in [1.29, 1.82) is 0 Å². The van der Waals surface area contributed by atoms with Crippen LogP contribution in [0, 0.1) is 0 Å². The van der Waals surface area contributed by atoms with Crippen LogP contribution in [0.15, 0.2) is 22.7 Å². The average Bonchev–Trinajstić information content (AvgIpc) is 2.15. The maximum Gasteiger partial charge on any atom is 0.0462 e. The van der Waals surface area contributed by atoms with Crippen molar-refractivity contribution in [2.24, 2.45) is 5.73 Å². The second-order valence-electron chi connectivity index (χ2n) is 3.05. The number of nitrogens with two attached hydrogens (primary N) is 1. The van der Waals surface area contributed by atoms with Crippen LogP contribution < -0.4 is 11.1 Å². The molecular formula is C10H14BrClN2. The summed E-state index contributed by atoms with van der Waals surface area (Å²) >= 11 is 9.42. The highest BCUT2D eigenvalue weighted by atomic mass is 79.9. The van der Waals surface area contributed by atoms with Crippen LogP contribution >= 0.6 is 27.5 Å². The van der Waals surface area contributed by atoms with Crippen LogP contribution in [0.1, 0.15) is 12.0 Å². The zero-order chi connectivity index (χ0) is 10.4. The highest BCUT2D eigenvalue weighted by Crippen LogP contribution is 2.20. The zero-order valence-corrected chi connectivity index (χ0v) is 10.2. The molecule has 1 aromatic carbocycles. The molecule has 0 radical (unpaired) electrons. The minimum absolute atomic E-state index is 0.723. The molecule has 0 saturated carbocycles. The molecule has 0 heterocycles. The van der Waals surface area contributed by atoms with E-state index in [4.69, 9.17) is 17.3 Å². The molecule has 14 heavy (non-hydrogen) atoms. The van der Waals surface area contributed by atoms with E-state index in [-0.39, 0.29) is 0 Å². The Bertz CT molecular complexity index is 291. The first-order valence-electron chi connectivity index (χ1n) is 4.58. The Labute approximate surface area is 98.0 Å². The fourth-order valence-electron chi connectivity index (χ4n) is 1.12. The van der Waals surface area contributed by atoms with Crippen LogP contribution in [0.2, 0.25) is 5.02 Å². The van der Waals surface area contributed by atoms with Gasteiger partial charge in [0.2, 0.25) is 0 Å². The lowest BCUT2D eigenvalue weighted by Gasteiger charge is -2.06. The van der Waals surface area contributed by atoms with Gasteiger partial charge in [0.15, 0.2) is 0 Å². The predicted octanol–water partition coefficient (Wildman–Crippen LogP) is 2.54. The van der Waals surface area contributed by atoms with E-state index in [0.717, 1.165) is 41.1 Å². The summed E-state index contributed by atoms with van der Waals surface area (Å²) in [5.74, 6) is 0. The third kappa shape index (κ3) is 3.96. The molecule has 0 fully saturated rings. The summed E-state index contributed by atoms with van der Waals surface area (Å²) in [6, 6.07) is 5.91. The van der Waals surface area contributed by atoms with Gasteiger partial charge >= 0.3 is 0 Å². The lowest BCUT2D eigenvalue weighted by atomic mass is 10.2. The van der Waals surface area contributed by atoms with Crippen LogP contribution in [0.5, 0.6) is 0 Å². The highest BCUT2D eigenvalue weighted by Gasteiger charge is 1.99. The van der Waals surface area contributed by atoms with Gasteiger partial charge in [-0.25, -0.2) is 0 Å². The zero-order valence-electron chi connectivity index (χ0n) is 7.89. The lowest BCUT2D eigenvalue weighted by molar-refractivity contribution is 0.655. The number of hydrogen-bond donors (Lipinski definition) is 2. The van der Waals surface area contributed by atoms with Crippen LogP contribution in [0.25, 0.3) is 0 Å². The van der Waals surface area contributed by atoms with Crippen molar-refractivity contribution in [2.45, 2.75) is 13.0 Å². The molecule has 0 spiro atoms. The Morgan fingerprint density at radius 3 is 2.86 bits per heavy atom. The summed E-state index contributed by atoms with van der Waals surface area (Å²) in [7, 11) is 0. The monoisotopic (exact) mass is 276 g/mol. The topological polar surface area (TPSA) is 38.0 Å². The molecule has 1 aromatic rings. The van der Waals surface area contributed by atoms with Crippen molar-refractivity contribution in [3.05, 3.63) is 33.3 Å². The molecule has 0 saturated heterocycles. The SMILES string of the molecule is NCCCNCc1ccc(Br)cc1Cl. The molecule has 4 heteroatoms. The highest BCUT2D eigenvalue weighted by molar-refractivity contribution is 9.10. The minimum atomic E-state index is 0.723. The van der Waals surface area contributed by atoms with E-state index in [1.807, 2.05) is 18.2 Å². The Balaban J connectivity index is 2.42. The van der Waals surface area contributed by atoms with Gasteiger partial charge in [0, 0.05) is 16.0 Å². The van der Waals surface area contributed by atoms with Gasteiger partial charge in [-0.15, -0.1) is 0 Å². The summed E-state index contributed by atoms with van der Waals surface area (Å²) in [6.07, 6.45) is 0.994. The van der Waals surface area contributed by atoms with Gasteiger partial charge in [0.05, 0.1) is 0 Å². The molecule has 0 aliphatic rings. The van der Waals surface area contributed by atoms with Crippen molar-refractivity contribution in [3.63, 3.8) is 0 Å². The second-order valence-corrected chi connectivity index (χ2v) is 4.38. The smallest absolute Gasteiger partial charge is 0.0462 e. The molecule has 0 atom stereocenters. The Morgan fingerprint density at radius 1 is 1.43 bits per heavy atom. The normalized spacial score (nSPS) is 10.5. The molecule has 0 aliphatic heterocycles. The number of benzene rings is 1. The van der Waals surface area contributed by atoms with Gasteiger partial charge in [0.25, 0.3) is 0 Å². The molecule has 3 N–H and O–H groups in total. The van der Waals surface area contributed by atoms with Gasteiger partial charge in [-0.05, 0) is 37.2 Å². The Kier molecular flexibility index (Phi) is 5.48. The van der Waals surface area contributed by atoms with E-state index < -0.39 is 0 Å². The van der Waals surface area contributed by atoms with Crippen LogP contribution in [-0.4, -0.2) is 13.1 Å². The van der Waals surface area contributed by atoms with E-state index in [9.17, 15) is 0 Å². The van der Waals surface area contributed by atoms with Crippen molar-refractivity contribution < 1.29 is 0 Å². The Hall–Kier alpha value is -0.0900. The van der Waals surface area contributed by atoms with Crippen LogP contribution in [0.3, 0.4) is 0 Å². The van der Waals surface area contributed by atoms with Crippen molar-refractivity contribution in [2.75, 3.05) is 13.1 Å². The van der Waals surface area contributed by atoms with Gasteiger partial charge in [0.1, 0.15) is 0 Å². The summed E-state index contributed by atoms with van der Waals surface area (Å²) < 4.78 is 1.01. The van der Waals surface area contributed by atoms with Crippen molar-refractivity contribution in [3.8, 4) is 0 Å². The molecule has 0 aliphatic carbocycles. The number of hydrogen-bond acceptors (Lipinski definition) is 2. The number of nitrogens with one attached hydrogen (secondary N) is 1. The van der Waals surface area contributed by atoms with Gasteiger partial charge in [-0.3, -0.25) is 0 Å². The molecule has 0 bridgehead atoms. The van der Waals surface area contributed by atoms with Gasteiger partial charge < -0.3 is 11.1 Å². The lowest BCUT2D eigenvalue weighted by Crippen LogP contribution is -2.17. The predicted molar refractivity (Wildman–Crippen MR) is 64.5 cm³/mol. The summed E-state index contributed by atoms with van der Waals surface area (Å²) in [5.41, 5.74) is 6.50. The van der Waals surface area contributed by atoms with Crippen LogP contribution in [-0.2, 0) is 6.54 Å². The standard InChI is InChI=1S/C10H14BrClN2/c11-9-3-2-8(10(12)6-9)7-14-5-1-4-13/h2-3,6,14H,1,4-5,7,13H2. The van der Waals surface area contributed by atoms with Crippen molar-refractivity contribution >= 4 is 27.5 Å².